The van der Waals surface area contributed by atoms with Gasteiger partial charge in [0.15, 0.2) is 0 Å². The molecule has 114 valence electrons. The Labute approximate surface area is 126 Å². The molecule has 0 heterocycles. The van der Waals surface area contributed by atoms with E-state index < -0.39 is 6.18 Å². The predicted molar refractivity (Wildman–Crippen MR) is 76.9 cm³/mol. The highest BCUT2D eigenvalue weighted by atomic mass is 19.4. The quantitative estimate of drug-likeness (QED) is 0.583. The van der Waals surface area contributed by atoms with E-state index in [4.69, 9.17) is 9.47 Å². The van der Waals surface area contributed by atoms with Crippen molar-refractivity contribution in [2.24, 2.45) is 0 Å². The van der Waals surface area contributed by atoms with E-state index in [0.29, 0.717) is 17.2 Å². The van der Waals surface area contributed by atoms with Crippen molar-refractivity contribution in [1.29, 1.82) is 0 Å². The van der Waals surface area contributed by atoms with Crippen LogP contribution in [0.25, 0.3) is 0 Å². The summed E-state index contributed by atoms with van der Waals surface area (Å²) >= 11 is 0. The smallest absolute Gasteiger partial charge is 0.457 e. The van der Waals surface area contributed by atoms with Crippen molar-refractivity contribution in [2.75, 3.05) is 6.61 Å². The molecule has 0 aliphatic carbocycles. The SMILES string of the molecule is FC(F)(F)C#CCCOc1cccc(Oc2ccccc2)c1. The van der Waals surface area contributed by atoms with Crippen molar-refractivity contribution < 1.29 is 22.6 Å². The Bertz CT molecular complexity index is 655. The van der Waals surface area contributed by atoms with E-state index >= 15 is 0 Å². The van der Waals surface area contributed by atoms with Gasteiger partial charge in [0.05, 0.1) is 6.61 Å². The monoisotopic (exact) mass is 306 g/mol. The normalized spacial score (nSPS) is 10.5. The summed E-state index contributed by atoms with van der Waals surface area (Å²) in [6.07, 6.45) is -4.45. The van der Waals surface area contributed by atoms with Crippen molar-refractivity contribution in [3.63, 3.8) is 0 Å². The molecule has 2 aromatic rings. The van der Waals surface area contributed by atoms with Crippen molar-refractivity contribution >= 4 is 0 Å². The van der Waals surface area contributed by atoms with E-state index in [-0.39, 0.29) is 13.0 Å². The molecule has 5 heteroatoms. The fraction of sp³-hybridized carbons (Fsp3) is 0.176. The summed E-state index contributed by atoms with van der Waals surface area (Å²) in [4.78, 5) is 0. The van der Waals surface area contributed by atoms with Gasteiger partial charge in [0, 0.05) is 18.4 Å². The first kappa shape index (κ1) is 15.8. The van der Waals surface area contributed by atoms with Crippen molar-refractivity contribution in [2.45, 2.75) is 12.6 Å². The first-order valence-electron chi connectivity index (χ1n) is 6.55. The molecule has 0 aromatic heterocycles. The van der Waals surface area contributed by atoms with Crippen molar-refractivity contribution in [3.05, 3.63) is 54.6 Å². The molecule has 0 aliphatic heterocycles. The number of ether oxygens (including phenoxy) is 2. The molecule has 2 rings (SSSR count). The third-order valence-corrected chi connectivity index (χ3v) is 2.51. The average Bonchev–Trinajstić information content (AvgIpc) is 2.47. The van der Waals surface area contributed by atoms with E-state index in [2.05, 4.69) is 0 Å². The minimum Gasteiger partial charge on any atom is -0.492 e. The van der Waals surface area contributed by atoms with Crippen LogP contribution in [0.4, 0.5) is 13.2 Å². The van der Waals surface area contributed by atoms with Crippen LogP contribution in [-0.4, -0.2) is 12.8 Å². The zero-order chi connectivity index (χ0) is 15.8. The molecule has 0 fully saturated rings. The number of hydrogen-bond donors (Lipinski definition) is 0. The Balaban J connectivity index is 1.87. The second-order valence-corrected chi connectivity index (χ2v) is 4.29. The minimum atomic E-state index is -4.45. The number of alkyl halides is 3. The van der Waals surface area contributed by atoms with Gasteiger partial charge in [0.25, 0.3) is 0 Å². The van der Waals surface area contributed by atoms with Crippen molar-refractivity contribution in [1.82, 2.24) is 0 Å². The Hall–Kier alpha value is -2.61. The minimum absolute atomic E-state index is 0.00325. The Kier molecular flexibility index (Phi) is 5.31. The zero-order valence-corrected chi connectivity index (χ0v) is 11.6. The molecule has 22 heavy (non-hydrogen) atoms. The molecule has 2 nitrogen and oxygen atoms in total. The molecule has 0 unspecified atom stereocenters. The molecule has 0 atom stereocenters. The van der Waals surface area contributed by atoms with Gasteiger partial charge < -0.3 is 9.47 Å². The molecule has 0 saturated carbocycles. The summed E-state index contributed by atoms with van der Waals surface area (Å²) in [6.45, 7) is 0.0812. The van der Waals surface area contributed by atoms with Crippen LogP contribution in [-0.2, 0) is 0 Å². The van der Waals surface area contributed by atoms with E-state index in [1.165, 1.54) is 5.92 Å². The first-order valence-corrected chi connectivity index (χ1v) is 6.55. The standard InChI is InChI=1S/C17H13F3O2/c18-17(19,20)11-4-5-12-21-15-9-6-10-16(13-15)22-14-7-2-1-3-8-14/h1-3,6-10,13H,5,12H2. The Morgan fingerprint density at radius 3 is 2.27 bits per heavy atom. The summed E-state index contributed by atoms with van der Waals surface area (Å²) in [6, 6.07) is 16.1. The zero-order valence-electron chi connectivity index (χ0n) is 11.6. The fourth-order valence-electron chi connectivity index (χ4n) is 1.63. The van der Waals surface area contributed by atoms with Crippen LogP contribution in [0, 0.1) is 11.8 Å². The number of benzene rings is 2. The highest BCUT2D eigenvalue weighted by molar-refractivity contribution is 5.36. The maximum atomic E-state index is 11.8. The lowest BCUT2D eigenvalue weighted by molar-refractivity contribution is -0.0697. The van der Waals surface area contributed by atoms with Crippen LogP contribution in [0.2, 0.25) is 0 Å². The maximum absolute atomic E-state index is 11.8. The van der Waals surface area contributed by atoms with Gasteiger partial charge in [-0.1, -0.05) is 30.2 Å². The van der Waals surface area contributed by atoms with Gasteiger partial charge in [-0.3, -0.25) is 0 Å². The van der Waals surface area contributed by atoms with Gasteiger partial charge >= 0.3 is 6.18 Å². The van der Waals surface area contributed by atoms with E-state index in [1.807, 2.05) is 36.3 Å². The lowest BCUT2D eigenvalue weighted by atomic mass is 10.3. The third-order valence-electron chi connectivity index (χ3n) is 2.51. The second kappa shape index (κ2) is 7.41. The summed E-state index contributed by atoms with van der Waals surface area (Å²) in [5, 5.41) is 0. The molecule has 0 radical (unpaired) electrons. The molecule has 0 spiro atoms. The molecular weight excluding hydrogens is 293 g/mol. The van der Waals surface area contributed by atoms with Crippen LogP contribution >= 0.6 is 0 Å². The fourth-order valence-corrected chi connectivity index (χ4v) is 1.63. The van der Waals surface area contributed by atoms with Gasteiger partial charge in [0.2, 0.25) is 0 Å². The lowest BCUT2D eigenvalue weighted by Crippen LogP contribution is -2.02. The molecule has 0 amide bonds. The number of rotatable bonds is 5. The first-order chi connectivity index (χ1) is 10.5. The van der Waals surface area contributed by atoms with Crippen LogP contribution in [0.3, 0.4) is 0 Å². The van der Waals surface area contributed by atoms with E-state index in [1.54, 1.807) is 24.3 Å². The summed E-state index contributed by atoms with van der Waals surface area (Å²) in [5.41, 5.74) is 0. The van der Waals surface area contributed by atoms with Crippen LogP contribution < -0.4 is 9.47 Å². The Morgan fingerprint density at radius 1 is 0.864 bits per heavy atom. The van der Waals surface area contributed by atoms with Crippen LogP contribution in [0.1, 0.15) is 6.42 Å². The van der Waals surface area contributed by atoms with Gasteiger partial charge in [-0.15, -0.1) is 0 Å². The van der Waals surface area contributed by atoms with Gasteiger partial charge in [0.1, 0.15) is 17.2 Å². The predicted octanol–water partition coefficient (Wildman–Crippen LogP) is 4.81. The molecule has 2 aromatic carbocycles. The molecule has 0 N–H and O–H groups in total. The third kappa shape index (κ3) is 5.80. The van der Waals surface area contributed by atoms with Gasteiger partial charge in [-0.05, 0) is 24.3 Å². The van der Waals surface area contributed by atoms with E-state index in [9.17, 15) is 13.2 Å². The molecule has 0 aliphatic rings. The summed E-state index contributed by atoms with van der Waals surface area (Å²) < 4.78 is 46.5. The van der Waals surface area contributed by atoms with Crippen LogP contribution in [0.15, 0.2) is 54.6 Å². The maximum Gasteiger partial charge on any atom is 0.457 e. The second-order valence-electron chi connectivity index (χ2n) is 4.29. The summed E-state index contributed by atoms with van der Waals surface area (Å²) in [7, 11) is 0. The molecule has 0 saturated heterocycles. The largest absolute Gasteiger partial charge is 0.492 e. The topological polar surface area (TPSA) is 18.5 Å². The highest BCUT2D eigenvalue weighted by Crippen LogP contribution is 2.25. The molecule has 0 bridgehead atoms. The highest BCUT2D eigenvalue weighted by Gasteiger charge is 2.22. The Morgan fingerprint density at radius 2 is 1.55 bits per heavy atom. The number of para-hydroxylation sites is 1. The van der Waals surface area contributed by atoms with E-state index in [0.717, 1.165) is 0 Å². The number of hydrogen-bond acceptors (Lipinski definition) is 2. The average molecular weight is 306 g/mol. The molecular formula is C17H13F3O2. The van der Waals surface area contributed by atoms with Gasteiger partial charge in [-0.2, -0.15) is 13.2 Å². The van der Waals surface area contributed by atoms with Gasteiger partial charge in [-0.25, -0.2) is 0 Å². The van der Waals surface area contributed by atoms with Crippen molar-refractivity contribution in [3.8, 4) is 29.1 Å². The summed E-state index contributed by atoms with van der Waals surface area (Å²) in [5.74, 6) is 5.01. The number of halogens is 3. The van der Waals surface area contributed by atoms with Crippen LogP contribution in [0.5, 0.6) is 17.2 Å². The lowest BCUT2D eigenvalue weighted by Gasteiger charge is -2.08.